The summed E-state index contributed by atoms with van der Waals surface area (Å²) in [7, 11) is -3.99. The highest BCUT2D eigenvalue weighted by atomic mass is 32.2. The van der Waals surface area contributed by atoms with Crippen molar-refractivity contribution < 1.29 is 22.1 Å². The summed E-state index contributed by atoms with van der Waals surface area (Å²) in [5.74, 6) is 0. The van der Waals surface area contributed by atoms with Gasteiger partial charge in [-0.3, -0.25) is 4.18 Å². The van der Waals surface area contributed by atoms with Crippen LogP contribution in [0.4, 0.5) is 4.79 Å². The monoisotopic (exact) mass is 285 g/mol. The second kappa shape index (κ2) is 5.58. The third kappa shape index (κ3) is 3.05. The van der Waals surface area contributed by atoms with Crippen LogP contribution in [0.15, 0.2) is 30.3 Å². The zero-order chi connectivity index (χ0) is 13.9. The molecule has 1 atom stereocenters. The van der Waals surface area contributed by atoms with Gasteiger partial charge in [0.15, 0.2) is 0 Å². The summed E-state index contributed by atoms with van der Waals surface area (Å²) in [6.45, 7) is 1.80. The van der Waals surface area contributed by atoms with E-state index in [1.54, 1.807) is 19.1 Å². The van der Waals surface area contributed by atoms with Crippen molar-refractivity contribution in [3.05, 3.63) is 35.9 Å². The van der Waals surface area contributed by atoms with Crippen molar-refractivity contribution in [1.29, 1.82) is 0 Å². The van der Waals surface area contributed by atoms with Gasteiger partial charge in [-0.15, -0.1) is 0 Å². The molecule has 0 N–H and O–H groups in total. The highest BCUT2D eigenvalue weighted by Crippen LogP contribution is 2.22. The van der Waals surface area contributed by atoms with Gasteiger partial charge in [0, 0.05) is 0 Å². The van der Waals surface area contributed by atoms with Crippen molar-refractivity contribution in [2.75, 3.05) is 6.61 Å². The SMILES string of the molecule is CC[C@H]1COS(=O)(=O)N1C(=O)OCc1ccccc1. The fourth-order valence-electron chi connectivity index (χ4n) is 1.78. The molecule has 1 aromatic rings. The lowest BCUT2D eigenvalue weighted by Gasteiger charge is -2.18. The smallest absolute Gasteiger partial charge is 0.426 e. The van der Waals surface area contributed by atoms with E-state index in [4.69, 9.17) is 4.74 Å². The standard InChI is InChI=1S/C12H15NO5S/c1-2-11-9-18-19(15,16)13(11)12(14)17-8-10-6-4-3-5-7-10/h3-7,11H,2,8-9H2,1H3/t11-/m0/s1. The van der Waals surface area contributed by atoms with Gasteiger partial charge >= 0.3 is 16.4 Å². The number of hydrogen-bond acceptors (Lipinski definition) is 5. The van der Waals surface area contributed by atoms with Crippen molar-refractivity contribution in [3.8, 4) is 0 Å². The molecule has 0 aromatic heterocycles. The van der Waals surface area contributed by atoms with Crippen molar-refractivity contribution in [3.63, 3.8) is 0 Å². The maximum atomic E-state index is 11.8. The Balaban J connectivity index is 2.03. The maximum absolute atomic E-state index is 11.8. The molecular formula is C12H15NO5S. The number of benzene rings is 1. The van der Waals surface area contributed by atoms with Gasteiger partial charge in [-0.25, -0.2) is 4.79 Å². The van der Waals surface area contributed by atoms with Crippen LogP contribution in [0.5, 0.6) is 0 Å². The molecule has 1 heterocycles. The van der Waals surface area contributed by atoms with Gasteiger partial charge < -0.3 is 4.74 Å². The van der Waals surface area contributed by atoms with E-state index in [1.807, 2.05) is 18.2 Å². The predicted octanol–water partition coefficient (Wildman–Crippen LogP) is 1.68. The second-order valence-corrected chi connectivity index (χ2v) is 5.62. The predicted molar refractivity (Wildman–Crippen MR) is 67.4 cm³/mol. The Hall–Kier alpha value is -1.60. The van der Waals surface area contributed by atoms with Crippen LogP contribution in [0, 0.1) is 0 Å². The maximum Gasteiger partial charge on any atom is 0.426 e. The van der Waals surface area contributed by atoms with E-state index in [0.29, 0.717) is 10.7 Å². The number of carbonyl (C=O) groups is 1. The average Bonchev–Trinajstić information content (AvgIpc) is 2.72. The molecule has 0 unspecified atom stereocenters. The molecule has 19 heavy (non-hydrogen) atoms. The second-order valence-electron chi connectivity index (χ2n) is 4.14. The first-order valence-electron chi connectivity index (χ1n) is 5.94. The van der Waals surface area contributed by atoms with E-state index in [-0.39, 0.29) is 13.2 Å². The Morgan fingerprint density at radius 2 is 2.11 bits per heavy atom. The molecule has 1 saturated heterocycles. The van der Waals surface area contributed by atoms with E-state index in [1.165, 1.54) is 0 Å². The molecule has 1 fully saturated rings. The van der Waals surface area contributed by atoms with Crippen LogP contribution in [0.2, 0.25) is 0 Å². The van der Waals surface area contributed by atoms with Crippen LogP contribution in [-0.2, 0) is 25.8 Å². The minimum absolute atomic E-state index is 0.0146. The number of carbonyl (C=O) groups excluding carboxylic acids is 1. The number of hydrogen-bond donors (Lipinski definition) is 0. The minimum Gasteiger partial charge on any atom is -0.444 e. The lowest BCUT2D eigenvalue weighted by atomic mass is 10.2. The van der Waals surface area contributed by atoms with Crippen molar-refractivity contribution in [1.82, 2.24) is 4.31 Å². The Bertz CT molecular complexity index is 542. The first-order valence-corrected chi connectivity index (χ1v) is 7.30. The molecule has 104 valence electrons. The summed E-state index contributed by atoms with van der Waals surface area (Å²) >= 11 is 0. The lowest BCUT2D eigenvalue weighted by molar-refractivity contribution is 0.112. The Kier molecular flexibility index (Phi) is 4.06. The van der Waals surface area contributed by atoms with E-state index >= 15 is 0 Å². The quantitative estimate of drug-likeness (QED) is 0.844. The van der Waals surface area contributed by atoms with Gasteiger partial charge in [-0.05, 0) is 12.0 Å². The molecule has 1 amide bonds. The fourth-order valence-corrected chi connectivity index (χ4v) is 3.03. The van der Waals surface area contributed by atoms with Crippen LogP contribution in [-0.4, -0.2) is 31.5 Å². The van der Waals surface area contributed by atoms with Gasteiger partial charge in [0.25, 0.3) is 0 Å². The normalized spacial score (nSPS) is 21.3. The molecule has 0 radical (unpaired) electrons. The molecule has 1 aliphatic rings. The first-order chi connectivity index (χ1) is 9.04. The van der Waals surface area contributed by atoms with Crippen molar-refractivity contribution >= 4 is 16.4 Å². The van der Waals surface area contributed by atoms with Crippen molar-refractivity contribution in [2.24, 2.45) is 0 Å². The van der Waals surface area contributed by atoms with Gasteiger partial charge in [0.1, 0.15) is 6.61 Å². The first kappa shape index (κ1) is 13.8. The highest BCUT2D eigenvalue weighted by Gasteiger charge is 2.42. The van der Waals surface area contributed by atoms with E-state index in [2.05, 4.69) is 4.18 Å². The van der Waals surface area contributed by atoms with E-state index < -0.39 is 22.4 Å². The summed E-state index contributed by atoms with van der Waals surface area (Å²) in [5.41, 5.74) is 0.793. The molecule has 2 rings (SSSR count). The van der Waals surface area contributed by atoms with Crippen molar-refractivity contribution in [2.45, 2.75) is 26.0 Å². The highest BCUT2D eigenvalue weighted by molar-refractivity contribution is 7.85. The van der Waals surface area contributed by atoms with Crippen LogP contribution < -0.4 is 0 Å². The number of rotatable bonds is 3. The van der Waals surface area contributed by atoms with E-state index in [0.717, 1.165) is 5.56 Å². The molecule has 6 nitrogen and oxygen atoms in total. The molecule has 0 bridgehead atoms. The summed E-state index contributed by atoms with van der Waals surface area (Å²) in [6.07, 6.45) is -0.409. The summed E-state index contributed by atoms with van der Waals surface area (Å²) in [4.78, 5) is 11.8. The van der Waals surface area contributed by atoms with Crippen LogP contribution in [0.3, 0.4) is 0 Å². The molecule has 1 aliphatic heterocycles. The zero-order valence-corrected chi connectivity index (χ0v) is 11.3. The van der Waals surface area contributed by atoms with Crippen LogP contribution in [0.1, 0.15) is 18.9 Å². The number of amides is 1. The average molecular weight is 285 g/mol. The largest absolute Gasteiger partial charge is 0.444 e. The Labute approximate surface area is 112 Å². The molecule has 0 spiro atoms. The third-order valence-corrected chi connectivity index (χ3v) is 4.20. The van der Waals surface area contributed by atoms with Gasteiger partial charge in [-0.1, -0.05) is 37.3 Å². The van der Waals surface area contributed by atoms with Gasteiger partial charge in [-0.2, -0.15) is 12.7 Å². The van der Waals surface area contributed by atoms with Gasteiger partial charge in [0.2, 0.25) is 0 Å². The van der Waals surface area contributed by atoms with Crippen LogP contribution >= 0.6 is 0 Å². The molecule has 7 heteroatoms. The molecule has 0 saturated carbocycles. The topological polar surface area (TPSA) is 72.9 Å². The zero-order valence-electron chi connectivity index (χ0n) is 10.5. The summed E-state index contributed by atoms with van der Waals surface area (Å²) in [5, 5.41) is 0. The Morgan fingerprint density at radius 3 is 2.74 bits per heavy atom. The minimum atomic E-state index is -3.99. The summed E-state index contributed by atoms with van der Waals surface area (Å²) < 4.78 is 33.5. The molecule has 0 aliphatic carbocycles. The number of ether oxygens (including phenoxy) is 1. The third-order valence-electron chi connectivity index (χ3n) is 2.84. The van der Waals surface area contributed by atoms with Crippen LogP contribution in [0.25, 0.3) is 0 Å². The van der Waals surface area contributed by atoms with Gasteiger partial charge in [0.05, 0.1) is 12.6 Å². The molecule has 1 aromatic carbocycles. The summed E-state index contributed by atoms with van der Waals surface area (Å²) in [6, 6.07) is 8.56. The Morgan fingerprint density at radius 1 is 1.42 bits per heavy atom. The molecular weight excluding hydrogens is 270 g/mol. The number of nitrogens with zero attached hydrogens (tertiary/aromatic N) is 1. The van der Waals surface area contributed by atoms with E-state index in [9.17, 15) is 13.2 Å². The lowest BCUT2D eigenvalue weighted by Crippen LogP contribution is -2.39. The fraction of sp³-hybridized carbons (Fsp3) is 0.417.